The third-order valence-corrected chi connectivity index (χ3v) is 6.10. The van der Waals surface area contributed by atoms with E-state index in [0.29, 0.717) is 30.6 Å². The van der Waals surface area contributed by atoms with Crippen molar-refractivity contribution in [2.24, 2.45) is 17.8 Å². The van der Waals surface area contributed by atoms with E-state index in [9.17, 15) is 8.78 Å². The van der Waals surface area contributed by atoms with E-state index < -0.39 is 17.9 Å². The summed E-state index contributed by atoms with van der Waals surface area (Å²) in [5, 5.41) is 0. The third-order valence-electron chi connectivity index (χ3n) is 6.10. The van der Waals surface area contributed by atoms with Gasteiger partial charge in [0.15, 0.2) is 17.9 Å². The summed E-state index contributed by atoms with van der Waals surface area (Å²) in [6, 6.07) is 12.2. The lowest BCUT2D eigenvalue weighted by Crippen LogP contribution is -2.34. The van der Waals surface area contributed by atoms with Gasteiger partial charge in [0, 0.05) is 17.0 Å². The molecule has 2 aliphatic rings. The molecule has 1 saturated heterocycles. The van der Waals surface area contributed by atoms with Gasteiger partial charge in [-0.05, 0) is 30.2 Å². The monoisotopic (exact) mass is 372 g/mol. The topological polar surface area (TPSA) is 18.5 Å². The first-order chi connectivity index (χ1) is 13.1. The predicted molar refractivity (Wildman–Crippen MR) is 101 cm³/mol. The van der Waals surface area contributed by atoms with Crippen LogP contribution >= 0.6 is 0 Å². The molecule has 4 rings (SSSR count). The highest BCUT2D eigenvalue weighted by atomic mass is 19.2. The predicted octanol–water partition coefficient (Wildman–Crippen LogP) is 6.12. The molecule has 2 aromatic carbocycles. The van der Waals surface area contributed by atoms with Crippen LogP contribution in [0.3, 0.4) is 0 Å². The normalized spacial score (nSPS) is 28.9. The fourth-order valence-corrected chi connectivity index (χ4v) is 4.31. The molecule has 0 N–H and O–H groups in total. The SMILES string of the molecule is CC1CCC(C2COC(c3ccc(-c4ccccc4)c(F)c3F)OC2)CC1. The molecule has 0 atom stereocenters. The maximum absolute atomic E-state index is 14.7. The van der Waals surface area contributed by atoms with Gasteiger partial charge in [0.25, 0.3) is 0 Å². The van der Waals surface area contributed by atoms with Crippen molar-refractivity contribution < 1.29 is 18.3 Å². The molecule has 1 heterocycles. The number of benzene rings is 2. The Hall–Kier alpha value is -1.78. The van der Waals surface area contributed by atoms with Gasteiger partial charge < -0.3 is 9.47 Å². The van der Waals surface area contributed by atoms with Crippen molar-refractivity contribution in [1.29, 1.82) is 0 Å². The van der Waals surface area contributed by atoms with Gasteiger partial charge in [0.1, 0.15) is 0 Å². The second-order valence-electron chi connectivity index (χ2n) is 7.97. The molecule has 2 aromatic rings. The molecule has 144 valence electrons. The van der Waals surface area contributed by atoms with Crippen molar-refractivity contribution in [2.75, 3.05) is 13.2 Å². The summed E-state index contributed by atoms with van der Waals surface area (Å²) in [6.07, 6.45) is 4.09. The van der Waals surface area contributed by atoms with Crippen LogP contribution in [0, 0.1) is 29.4 Å². The molecule has 0 bridgehead atoms. The Bertz CT molecular complexity index is 761. The van der Waals surface area contributed by atoms with Crippen LogP contribution in [0.2, 0.25) is 0 Å². The van der Waals surface area contributed by atoms with Crippen LogP contribution in [0.5, 0.6) is 0 Å². The minimum absolute atomic E-state index is 0.142. The van der Waals surface area contributed by atoms with Crippen molar-refractivity contribution in [3.63, 3.8) is 0 Å². The first-order valence-corrected chi connectivity index (χ1v) is 9.90. The molecular formula is C23H26F2O2. The number of hydrogen-bond acceptors (Lipinski definition) is 2. The van der Waals surface area contributed by atoms with Crippen LogP contribution in [0.1, 0.15) is 44.5 Å². The van der Waals surface area contributed by atoms with Crippen LogP contribution in [-0.2, 0) is 9.47 Å². The van der Waals surface area contributed by atoms with Gasteiger partial charge in [-0.1, -0.05) is 62.2 Å². The zero-order chi connectivity index (χ0) is 18.8. The molecular weight excluding hydrogens is 346 g/mol. The van der Waals surface area contributed by atoms with Crippen molar-refractivity contribution >= 4 is 0 Å². The Balaban J connectivity index is 1.45. The maximum Gasteiger partial charge on any atom is 0.186 e. The molecule has 4 heteroatoms. The van der Waals surface area contributed by atoms with Crippen LogP contribution in [-0.4, -0.2) is 13.2 Å². The van der Waals surface area contributed by atoms with Gasteiger partial charge in [-0.25, -0.2) is 8.78 Å². The van der Waals surface area contributed by atoms with Gasteiger partial charge in [0.05, 0.1) is 13.2 Å². The minimum Gasteiger partial charge on any atom is -0.348 e. The molecule has 1 aliphatic heterocycles. The number of hydrogen-bond donors (Lipinski definition) is 0. The average Bonchev–Trinajstić information content (AvgIpc) is 2.71. The summed E-state index contributed by atoms with van der Waals surface area (Å²) in [5.41, 5.74) is 1.04. The highest BCUT2D eigenvalue weighted by Crippen LogP contribution is 2.38. The molecule has 0 unspecified atom stereocenters. The van der Waals surface area contributed by atoms with Crippen molar-refractivity contribution in [3.05, 3.63) is 59.7 Å². The second kappa shape index (κ2) is 8.07. The minimum atomic E-state index is -0.883. The van der Waals surface area contributed by atoms with Crippen LogP contribution in [0.4, 0.5) is 8.78 Å². The zero-order valence-corrected chi connectivity index (χ0v) is 15.7. The molecule has 0 radical (unpaired) electrons. The third kappa shape index (κ3) is 3.92. The number of rotatable bonds is 3. The van der Waals surface area contributed by atoms with Crippen molar-refractivity contribution in [3.8, 4) is 11.1 Å². The zero-order valence-electron chi connectivity index (χ0n) is 15.7. The van der Waals surface area contributed by atoms with Crippen LogP contribution < -0.4 is 0 Å². The summed E-state index contributed by atoms with van der Waals surface area (Å²) < 4.78 is 40.9. The number of halogens is 2. The summed E-state index contributed by atoms with van der Waals surface area (Å²) in [6.45, 7) is 3.40. The summed E-state index contributed by atoms with van der Waals surface area (Å²) in [7, 11) is 0. The van der Waals surface area contributed by atoms with E-state index in [0.717, 1.165) is 5.92 Å². The fraction of sp³-hybridized carbons (Fsp3) is 0.478. The largest absolute Gasteiger partial charge is 0.348 e. The molecule has 1 saturated carbocycles. The van der Waals surface area contributed by atoms with Gasteiger partial charge in [-0.3, -0.25) is 0 Å². The van der Waals surface area contributed by atoms with E-state index in [1.54, 1.807) is 36.4 Å². The van der Waals surface area contributed by atoms with Gasteiger partial charge in [-0.2, -0.15) is 0 Å². The molecule has 0 spiro atoms. The van der Waals surface area contributed by atoms with Gasteiger partial charge in [0.2, 0.25) is 0 Å². The summed E-state index contributed by atoms with van der Waals surface area (Å²) in [5.74, 6) is 0.0367. The first kappa shape index (κ1) is 18.6. The first-order valence-electron chi connectivity index (χ1n) is 9.90. The summed E-state index contributed by atoms with van der Waals surface area (Å²) >= 11 is 0. The van der Waals surface area contributed by atoms with E-state index in [2.05, 4.69) is 6.92 Å². The molecule has 0 aromatic heterocycles. The molecule has 2 fully saturated rings. The Kier molecular flexibility index (Phi) is 5.55. The van der Waals surface area contributed by atoms with Crippen LogP contribution in [0.15, 0.2) is 42.5 Å². The van der Waals surface area contributed by atoms with Crippen molar-refractivity contribution in [1.82, 2.24) is 0 Å². The molecule has 27 heavy (non-hydrogen) atoms. The fourth-order valence-electron chi connectivity index (χ4n) is 4.31. The van der Waals surface area contributed by atoms with E-state index >= 15 is 0 Å². The summed E-state index contributed by atoms with van der Waals surface area (Å²) in [4.78, 5) is 0. The van der Waals surface area contributed by atoms with E-state index in [1.165, 1.54) is 25.7 Å². The molecule has 2 nitrogen and oxygen atoms in total. The number of ether oxygens (including phenoxy) is 2. The lowest BCUT2D eigenvalue weighted by Gasteiger charge is -2.37. The lowest BCUT2D eigenvalue weighted by molar-refractivity contribution is -0.216. The second-order valence-corrected chi connectivity index (χ2v) is 7.97. The van der Waals surface area contributed by atoms with E-state index in [1.807, 2.05) is 6.07 Å². The van der Waals surface area contributed by atoms with E-state index in [-0.39, 0.29) is 11.1 Å². The Morgan fingerprint density at radius 1 is 0.778 bits per heavy atom. The smallest absolute Gasteiger partial charge is 0.186 e. The Labute approximate surface area is 159 Å². The van der Waals surface area contributed by atoms with Gasteiger partial charge >= 0.3 is 0 Å². The Morgan fingerprint density at radius 3 is 2.11 bits per heavy atom. The Morgan fingerprint density at radius 2 is 1.44 bits per heavy atom. The molecule has 1 aliphatic carbocycles. The van der Waals surface area contributed by atoms with Crippen LogP contribution in [0.25, 0.3) is 11.1 Å². The lowest BCUT2D eigenvalue weighted by atomic mass is 9.76. The highest BCUT2D eigenvalue weighted by molar-refractivity contribution is 5.64. The standard InChI is InChI=1S/C23H26F2O2/c1-15-7-9-16(10-8-15)18-13-26-23(27-14-18)20-12-11-19(21(24)22(20)25)17-5-3-2-4-6-17/h2-6,11-12,15-16,18,23H,7-10,13-14H2,1H3. The highest BCUT2D eigenvalue weighted by Gasteiger charge is 2.33. The molecule has 0 amide bonds. The van der Waals surface area contributed by atoms with Crippen molar-refractivity contribution in [2.45, 2.75) is 38.9 Å². The quantitative estimate of drug-likeness (QED) is 0.646. The van der Waals surface area contributed by atoms with E-state index in [4.69, 9.17) is 9.47 Å². The maximum atomic E-state index is 14.7. The van der Waals surface area contributed by atoms with Gasteiger partial charge in [-0.15, -0.1) is 0 Å². The average molecular weight is 372 g/mol.